The van der Waals surface area contributed by atoms with Crippen LogP contribution >= 0.6 is 0 Å². The van der Waals surface area contributed by atoms with Crippen molar-refractivity contribution in [1.29, 1.82) is 0 Å². The van der Waals surface area contributed by atoms with Gasteiger partial charge in [-0.15, -0.1) is 0 Å². The minimum absolute atomic E-state index is 0.1000. The van der Waals surface area contributed by atoms with Gasteiger partial charge in [0.15, 0.2) is 6.61 Å². The third-order valence-corrected chi connectivity index (χ3v) is 7.08. The molecule has 3 heterocycles. The molecule has 208 valence electrons. The van der Waals surface area contributed by atoms with Crippen molar-refractivity contribution in [2.45, 2.75) is 38.5 Å². The number of nitrogens with zero attached hydrogens (tertiary/aromatic N) is 1. The molecule has 40 heavy (non-hydrogen) atoms. The van der Waals surface area contributed by atoms with Crippen LogP contribution in [-0.2, 0) is 22.6 Å². The average Bonchev–Trinajstić information content (AvgIpc) is 2.94. The number of fused-ring (bicyclic) bond motifs is 7. The van der Waals surface area contributed by atoms with Gasteiger partial charge in [-0.3, -0.25) is 14.4 Å². The monoisotopic (exact) mass is 549 g/mol. The fraction of sp³-hybridized carbons (Fsp3) is 0.300. The Morgan fingerprint density at radius 3 is 2.62 bits per heavy atom. The first-order valence-electron chi connectivity index (χ1n) is 13.0. The van der Waals surface area contributed by atoms with E-state index in [4.69, 9.17) is 9.47 Å². The maximum atomic E-state index is 14.2. The van der Waals surface area contributed by atoms with Crippen molar-refractivity contribution in [3.63, 3.8) is 0 Å². The van der Waals surface area contributed by atoms with E-state index in [-0.39, 0.29) is 37.0 Å². The third-order valence-electron chi connectivity index (χ3n) is 7.08. The van der Waals surface area contributed by atoms with Crippen LogP contribution in [0.15, 0.2) is 60.7 Å². The predicted octanol–water partition coefficient (Wildman–Crippen LogP) is 3.30. The van der Waals surface area contributed by atoms with E-state index in [0.717, 1.165) is 23.3 Å². The van der Waals surface area contributed by atoms with Crippen LogP contribution < -0.4 is 20.1 Å². The molecule has 0 unspecified atom stereocenters. The van der Waals surface area contributed by atoms with Gasteiger partial charge in [0, 0.05) is 37.7 Å². The fourth-order valence-corrected chi connectivity index (χ4v) is 4.78. The van der Waals surface area contributed by atoms with Gasteiger partial charge >= 0.3 is 0 Å². The zero-order chi connectivity index (χ0) is 28.2. The molecule has 6 rings (SSSR count). The maximum absolute atomic E-state index is 14.2. The lowest BCUT2D eigenvalue weighted by atomic mass is 9.99. The lowest BCUT2D eigenvalue weighted by Crippen LogP contribution is -2.58. The summed E-state index contributed by atoms with van der Waals surface area (Å²) >= 11 is 0. The highest BCUT2D eigenvalue weighted by Crippen LogP contribution is 2.24. The van der Waals surface area contributed by atoms with Gasteiger partial charge in [-0.05, 0) is 53.9 Å². The highest BCUT2D eigenvalue weighted by molar-refractivity contribution is 5.95. The number of hydrogen-bond donors (Lipinski definition) is 2. The molecule has 10 heteroatoms. The van der Waals surface area contributed by atoms with Crippen molar-refractivity contribution >= 4 is 17.7 Å². The number of amides is 3. The minimum Gasteiger partial charge on any atom is -0.488 e. The summed E-state index contributed by atoms with van der Waals surface area (Å²) in [6.45, 7) is 2.41. The van der Waals surface area contributed by atoms with Crippen molar-refractivity contribution in [2.24, 2.45) is 0 Å². The van der Waals surface area contributed by atoms with Gasteiger partial charge in [-0.2, -0.15) is 0 Å². The number of ether oxygens (including phenoxy) is 2. The molecule has 3 amide bonds. The van der Waals surface area contributed by atoms with E-state index in [1.807, 2.05) is 19.1 Å². The predicted molar refractivity (Wildman–Crippen MR) is 142 cm³/mol. The molecule has 1 saturated heterocycles. The van der Waals surface area contributed by atoms with Crippen LogP contribution in [0.5, 0.6) is 11.5 Å². The number of hydrogen-bond acceptors (Lipinski definition) is 5. The largest absolute Gasteiger partial charge is 0.488 e. The smallest absolute Gasteiger partial charge is 0.258 e. The first-order chi connectivity index (χ1) is 19.2. The van der Waals surface area contributed by atoms with E-state index in [0.29, 0.717) is 36.6 Å². The molecule has 3 aliphatic heterocycles. The van der Waals surface area contributed by atoms with E-state index in [1.54, 1.807) is 35.2 Å². The fourth-order valence-electron chi connectivity index (χ4n) is 4.78. The molecule has 8 nitrogen and oxygen atoms in total. The van der Waals surface area contributed by atoms with Crippen molar-refractivity contribution in [2.75, 3.05) is 19.7 Å². The Hall–Kier alpha value is -4.47. The number of piperidine rings is 1. The first-order valence-corrected chi connectivity index (χ1v) is 13.0. The Morgan fingerprint density at radius 2 is 1.85 bits per heavy atom. The van der Waals surface area contributed by atoms with Crippen LogP contribution in [0.2, 0.25) is 0 Å². The number of halogens is 2. The lowest BCUT2D eigenvalue weighted by molar-refractivity contribution is -0.133. The van der Waals surface area contributed by atoms with Crippen molar-refractivity contribution < 1.29 is 32.6 Å². The van der Waals surface area contributed by atoms with Crippen molar-refractivity contribution in [3.05, 3.63) is 94.6 Å². The summed E-state index contributed by atoms with van der Waals surface area (Å²) in [6.07, 6.45) is -0.258. The summed E-state index contributed by atoms with van der Waals surface area (Å²) in [5, 5.41) is 5.80. The highest BCUT2D eigenvalue weighted by atomic mass is 19.1. The lowest BCUT2D eigenvalue weighted by Gasteiger charge is -2.39. The SMILES string of the molecule is Cc1ccc2cc1OCC(=O)NCc1ccc(cc1)O[C@H]1CCN(C(=O)Cc3ccc(F)cc3F)C[C@@H]1NC2=O. The van der Waals surface area contributed by atoms with Crippen LogP contribution in [0.3, 0.4) is 0 Å². The Labute approximate surface area is 230 Å². The quantitative estimate of drug-likeness (QED) is 0.512. The van der Waals surface area contributed by atoms with E-state index in [2.05, 4.69) is 10.6 Å². The number of carbonyl (C=O) groups excluding carboxylic acids is 3. The second-order valence-corrected chi connectivity index (χ2v) is 9.97. The van der Waals surface area contributed by atoms with Gasteiger partial charge in [0.2, 0.25) is 5.91 Å². The molecule has 3 aromatic carbocycles. The molecule has 3 aromatic rings. The summed E-state index contributed by atoms with van der Waals surface area (Å²) in [5.74, 6) is -1.53. The molecular weight excluding hydrogens is 520 g/mol. The highest BCUT2D eigenvalue weighted by Gasteiger charge is 2.34. The van der Waals surface area contributed by atoms with Crippen molar-refractivity contribution in [1.82, 2.24) is 15.5 Å². The first kappa shape index (κ1) is 27.1. The number of likely N-dealkylation sites (tertiary alicyclic amines) is 1. The average molecular weight is 550 g/mol. The second-order valence-electron chi connectivity index (χ2n) is 9.97. The molecule has 2 atom stereocenters. The summed E-state index contributed by atoms with van der Waals surface area (Å²) < 4.78 is 39.5. The van der Waals surface area contributed by atoms with Crippen LogP contribution in [0, 0.1) is 18.6 Å². The number of rotatable bonds is 2. The number of aryl methyl sites for hydroxylation is 1. The molecule has 0 aliphatic carbocycles. The summed E-state index contributed by atoms with van der Waals surface area (Å²) in [5.41, 5.74) is 2.07. The molecule has 3 aliphatic rings. The minimum atomic E-state index is -0.780. The molecule has 0 saturated carbocycles. The second kappa shape index (κ2) is 11.7. The molecule has 0 radical (unpaired) electrons. The molecule has 2 N–H and O–H groups in total. The Morgan fingerprint density at radius 1 is 1.05 bits per heavy atom. The Kier molecular flexibility index (Phi) is 7.95. The zero-order valence-corrected chi connectivity index (χ0v) is 21.9. The van der Waals surface area contributed by atoms with Gasteiger partial charge < -0.3 is 25.0 Å². The van der Waals surface area contributed by atoms with E-state index < -0.39 is 29.7 Å². The van der Waals surface area contributed by atoms with E-state index in [9.17, 15) is 23.2 Å². The van der Waals surface area contributed by atoms with E-state index >= 15 is 0 Å². The number of nitrogens with one attached hydrogen (secondary N) is 2. The van der Waals surface area contributed by atoms with Crippen LogP contribution in [0.1, 0.15) is 33.5 Å². The van der Waals surface area contributed by atoms with Gasteiger partial charge in [0.1, 0.15) is 29.2 Å². The summed E-state index contributed by atoms with van der Waals surface area (Å²) in [7, 11) is 0. The van der Waals surface area contributed by atoms with Gasteiger partial charge in [-0.25, -0.2) is 8.78 Å². The topological polar surface area (TPSA) is 97.0 Å². The Balaban J connectivity index is 1.39. The van der Waals surface area contributed by atoms with Gasteiger partial charge in [-0.1, -0.05) is 24.3 Å². The number of benzene rings is 3. The normalized spacial score (nSPS) is 19.4. The molecule has 0 aromatic heterocycles. The van der Waals surface area contributed by atoms with Crippen LogP contribution in [0.25, 0.3) is 0 Å². The third kappa shape index (κ3) is 6.39. The molecular formula is C30H29F2N3O5. The van der Waals surface area contributed by atoms with Crippen LogP contribution in [-0.4, -0.2) is 54.5 Å². The maximum Gasteiger partial charge on any atom is 0.258 e. The summed E-state index contributed by atoms with van der Waals surface area (Å²) in [6, 6.07) is 14.8. The van der Waals surface area contributed by atoms with Gasteiger partial charge in [0.25, 0.3) is 11.8 Å². The van der Waals surface area contributed by atoms with Gasteiger partial charge in [0.05, 0.1) is 12.5 Å². The van der Waals surface area contributed by atoms with Crippen molar-refractivity contribution in [3.8, 4) is 11.5 Å². The zero-order valence-electron chi connectivity index (χ0n) is 21.9. The summed E-state index contributed by atoms with van der Waals surface area (Å²) in [4.78, 5) is 40.3. The Bertz CT molecular complexity index is 1430. The standard InChI is InChI=1S/C30H29F2N3O5/c1-18-2-5-21-12-27(18)39-17-28(36)33-15-19-3-8-23(9-4-19)40-26-10-11-35(16-25(26)34-30(21)38)29(37)13-20-6-7-22(31)14-24(20)32/h2-9,12,14,25-26H,10-11,13,15-17H2,1H3,(H,33,36)(H,34,38)/t25-,26-/m0/s1. The molecule has 4 bridgehead atoms. The molecule has 1 fully saturated rings. The number of carbonyl (C=O) groups is 3. The van der Waals surface area contributed by atoms with Crippen LogP contribution in [0.4, 0.5) is 8.78 Å². The molecule has 0 spiro atoms. The van der Waals surface area contributed by atoms with E-state index in [1.165, 1.54) is 6.07 Å².